The van der Waals surface area contributed by atoms with E-state index in [9.17, 15) is 14.9 Å². The largest absolute Gasteiger partial charge is 0.281 e. The van der Waals surface area contributed by atoms with Crippen LogP contribution in [0.1, 0.15) is 45.6 Å². The zero-order chi connectivity index (χ0) is 20.0. The first-order valence-corrected chi connectivity index (χ1v) is 8.86. The van der Waals surface area contributed by atoms with E-state index >= 15 is 0 Å². The first-order chi connectivity index (χ1) is 12.8. The number of unbranched alkanes of at least 4 members (excludes halogenated alkanes) is 1. The first-order valence-electron chi connectivity index (χ1n) is 8.86. The summed E-state index contributed by atoms with van der Waals surface area (Å²) in [6.07, 6.45) is 6.73. The maximum absolute atomic E-state index is 13.0. The second-order valence-electron chi connectivity index (χ2n) is 7.33. The van der Waals surface area contributed by atoms with Crippen molar-refractivity contribution in [1.29, 1.82) is 0 Å². The van der Waals surface area contributed by atoms with Crippen molar-refractivity contribution in [2.75, 3.05) is 4.90 Å². The molecule has 0 unspecified atom stereocenters. The summed E-state index contributed by atoms with van der Waals surface area (Å²) in [6.45, 7) is 6.26. The van der Waals surface area contributed by atoms with Gasteiger partial charge in [-0.2, -0.15) is 0 Å². The molecule has 0 fully saturated rings. The number of hydrogen-bond donors (Lipinski definition) is 0. The van der Waals surface area contributed by atoms with Crippen LogP contribution in [0.3, 0.4) is 0 Å². The number of rotatable bonds is 6. The Kier molecular flexibility index (Phi) is 6.36. The van der Waals surface area contributed by atoms with Gasteiger partial charge in [0.2, 0.25) is 5.91 Å². The number of hydrogen-bond acceptors (Lipinski definition) is 3. The smallest absolute Gasteiger partial charge is 0.269 e. The molecule has 140 valence electrons. The average molecular weight is 364 g/mol. The van der Waals surface area contributed by atoms with E-state index in [4.69, 9.17) is 6.42 Å². The van der Waals surface area contributed by atoms with Gasteiger partial charge in [0.05, 0.1) is 10.6 Å². The third-order valence-corrected chi connectivity index (χ3v) is 4.23. The maximum atomic E-state index is 13.0. The number of terminal acetylenes is 1. The van der Waals surface area contributed by atoms with Crippen LogP contribution < -0.4 is 4.90 Å². The lowest BCUT2D eigenvalue weighted by Crippen LogP contribution is -2.28. The van der Waals surface area contributed by atoms with Gasteiger partial charge in [0.15, 0.2) is 0 Å². The van der Waals surface area contributed by atoms with Crippen LogP contribution in [0.15, 0.2) is 48.5 Å². The van der Waals surface area contributed by atoms with Gasteiger partial charge in [-0.3, -0.25) is 19.8 Å². The number of nitrogens with zero attached hydrogens (tertiary/aromatic N) is 2. The third-order valence-electron chi connectivity index (χ3n) is 4.23. The summed E-state index contributed by atoms with van der Waals surface area (Å²) >= 11 is 0. The summed E-state index contributed by atoms with van der Waals surface area (Å²) in [5.74, 6) is 2.46. The molecule has 0 N–H and O–H groups in total. The van der Waals surface area contributed by atoms with Crippen LogP contribution >= 0.6 is 0 Å². The molecule has 27 heavy (non-hydrogen) atoms. The number of para-hydroxylation sites is 1. The molecule has 0 bridgehead atoms. The summed E-state index contributed by atoms with van der Waals surface area (Å²) < 4.78 is 0. The van der Waals surface area contributed by atoms with Crippen molar-refractivity contribution in [3.8, 4) is 12.3 Å². The molecule has 0 aliphatic rings. The van der Waals surface area contributed by atoms with Gasteiger partial charge in [-0.15, -0.1) is 12.3 Å². The number of non-ortho nitro benzene ring substituents is 1. The van der Waals surface area contributed by atoms with Crippen molar-refractivity contribution in [3.63, 3.8) is 0 Å². The molecule has 2 aromatic carbocycles. The van der Waals surface area contributed by atoms with Crippen LogP contribution in [0.25, 0.3) is 0 Å². The normalized spacial score (nSPS) is 10.9. The Hall–Kier alpha value is -3.13. The van der Waals surface area contributed by atoms with E-state index in [2.05, 4.69) is 26.7 Å². The minimum atomic E-state index is -0.452. The fourth-order valence-corrected chi connectivity index (χ4v) is 2.90. The number of nitro groups is 1. The standard InChI is InChI=1S/C22H24N2O3/c1-5-6-7-12-21(25)23(17-13-15-18(16-14-17)24(26)27)20-11-9-8-10-19(20)22(2,3)4/h1,8-11,13-16H,6-7,12H2,2-4H3. The fraction of sp³-hybridized carbons (Fsp3) is 0.318. The second-order valence-corrected chi connectivity index (χ2v) is 7.33. The second kappa shape index (κ2) is 8.50. The molecule has 0 spiro atoms. The zero-order valence-corrected chi connectivity index (χ0v) is 15.9. The summed E-state index contributed by atoms with van der Waals surface area (Å²) in [7, 11) is 0. The van der Waals surface area contributed by atoms with Crippen molar-refractivity contribution in [2.45, 2.75) is 45.4 Å². The van der Waals surface area contributed by atoms with Crippen LogP contribution in [0.5, 0.6) is 0 Å². The molecule has 0 heterocycles. The molecule has 1 amide bonds. The van der Waals surface area contributed by atoms with Crippen LogP contribution in [0.4, 0.5) is 17.1 Å². The van der Waals surface area contributed by atoms with Crippen LogP contribution in [0, 0.1) is 22.5 Å². The minimum Gasteiger partial charge on any atom is -0.281 e. The van der Waals surface area contributed by atoms with E-state index in [0.29, 0.717) is 24.9 Å². The highest BCUT2D eigenvalue weighted by atomic mass is 16.6. The Bertz CT molecular complexity index is 858. The summed E-state index contributed by atoms with van der Waals surface area (Å²) in [6, 6.07) is 13.8. The van der Waals surface area contributed by atoms with E-state index < -0.39 is 4.92 Å². The molecule has 0 aliphatic carbocycles. The summed E-state index contributed by atoms with van der Waals surface area (Å²) in [5.41, 5.74) is 2.22. The number of amides is 1. The molecule has 0 aliphatic heterocycles. The molecule has 2 rings (SSSR count). The predicted molar refractivity (Wildman–Crippen MR) is 108 cm³/mol. The summed E-state index contributed by atoms with van der Waals surface area (Å²) in [4.78, 5) is 25.2. The van der Waals surface area contributed by atoms with Crippen molar-refractivity contribution in [3.05, 3.63) is 64.2 Å². The molecule has 2 aromatic rings. The highest BCUT2D eigenvalue weighted by Gasteiger charge is 2.25. The molecule has 0 aromatic heterocycles. The highest BCUT2D eigenvalue weighted by Crippen LogP contribution is 2.36. The van der Waals surface area contributed by atoms with Gasteiger partial charge in [0, 0.05) is 30.7 Å². The molecule has 0 atom stereocenters. The Morgan fingerprint density at radius 3 is 2.33 bits per heavy atom. The molecule has 0 radical (unpaired) electrons. The monoisotopic (exact) mass is 364 g/mol. The van der Waals surface area contributed by atoms with E-state index in [0.717, 1.165) is 11.3 Å². The Morgan fingerprint density at radius 1 is 1.15 bits per heavy atom. The fourth-order valence-electron chi connectivity index (χ4n) is 2.90. The molecule has 5 nitrogen and oxygen atoms in total. The van der Waals surface area contributed by atoms with E-state index in [1.807, 2.05) is 24.3 Å². The van der Waals surface area contributed by atoms with Gasteiger partial charge < -0.3 is 0 Å². The topological polar surface area (TPSA) is 63.5 Å². The van der Waals surface area contributed by atoms with E-state index in [1.54, 1.807) is 17.0 Å². The van der Waals surface area contributed by atoms with Gasteiger partial charge in [0.25, 0.3) is 5.69 Å². The number of nitro benzene ring substituents is 1. The van der Waals surface area contributed by atoms with Gasteiger partial charge in [0.1, 0.15) is 0 Å². The van der Waals surface area contributed by atoms with Crippen molar-refractivity contribution < 1.29 is 9.72 Å². The number of benzene rings is 2. The van der Waals surface area contributed by atoms with Gasteiger partial charge in [-0.05, 0) is 35.6 Å². The number of carbonyl (C=O) groups is 1. The van der Waals surface area contributed by atoms with Crippen LogP contribution in [-0.2, 0) is 10.2 Å². The van der Waals surface area contributed by atoms with Gasteiger partial charge >= 0.3 is 0 Å². The lowest BCUT2D eigenvalue weighted by molar-refractivity contribution is -0.384. The lowest BCUT2D eigenvalue weighted by Gasteiger charge is -2.30. The quantitative estimate of drug-likeness (QED) is 0.300. The average Bonchev–Trinajstić information content (AvgIpc) is 2.62. The Labute approximate surface area is 160 Å². The van der Waals surface area contributed by atoms with E-state index in [1.165, 1.54) is 12.1 Å². The third kappa shape index (κ3) is 4.95. The van der Waals surface area contributed by atoms with Gasteiger partial charge in [-0.25, -0.2) is 0 Å². The van der Waals surface area contributed by atoms with E-state index in [-0.39, 0.29) is 17.0 Å². The predicted octanol–water partition coefficient (Wildman–Crippen LogP) is 5.36. The Balaban J connectivity index is 2.53. The van der Waals surface area contributed by atoms with Crippen LogP contribution in [0.2, 0.25) is 0 Å². The van der Waals surface area contributed by atoms with Crippen molar-refractivity contribution in [2.24, 2.45) is 0 Å². The number of carbonyl (C=O) groups excluding carboxylic acids is 1. The zero-order valence-electron chi connectivity index (χ0n) is 15.9. The molecular weight excluding hydrogens is 340 g/mol. The lowest BCUT2D eigenvalue weighted by atomic mass is 9.85. The van der Waals surface area contributed by atoms with Gasteiger partial charge in [-0.1, -0.05) is 39.0 Å². The minimum absolute atomic E-state index is 0.0115. The van der Waals surface area contributed by atoms with Crippen LogP contribution in [-0.4, -0.2) is 10.8 Å². The van der Waals surface area contributed by atoms with Crippen molar-refractivity contribution in [1.82, 2.24) is 0 Å². The van der Waals surface area contributed by atoms with Crippen molar-refractivity contribution >= 4 is 23.0 Å². The maximum Gasteiger partial charge on any atom is 0.269 e. The summed E-state index contributed by atoms with van der Waals surface area (Å²) in [5, 5.41) is 11.0. The molecule has 0 saturated heterocycles. The SMILES string of the molecule is C#CCCCC(=O)N(c1ccc([N+](=O)[O-])cc1)c1ccccc1C(C)(C)C. The Morgan fingerprint density at radius 2 is 1.78 bits per heavy atom. The number of anilines is 2. The highest BCUT2D eigenvalue weighted by molar-refractivity contribution is 6.01. The molecule has 5 heteroatoms. The molecule has 0 saturated carbocycles. The first kappa shape index (κ1) is 20.2. The molecular formula is C22H24N2O3.